The van der Waals surface area contributed by atoms with E-state index in [0.717, 1.165) is 18.8 Å². The zero-order chi connectivity index (χ0) is 13.0. The highest BCUT2D eigenvalue weighted by atomic mass is 35.5. The van der Waals surface area contributed by atoms with Gasteiger partial charge in [0.2, 0.25) is 5.91 Å². The molecule has 1 atom stereocenters. The Balaban J connectivity index is 0.00000180. The van der Waals surface area contributed by atoms with E-state index in [9.17, 15) is 4.79 Å². The smallest absolute Gasteiger partial charge is 0.227 e. The third kappa shape index (κ3) is 4.82. The van der Waals surface area contributed by atoms with E-state index in [-0.39, 0.29) is 24.4 Å². The zero-order valence-electron chi connectivity index (χ0n) is 11.4. The maximum atomic E-state index is 11.9. The van der Waals surface area contributed by atoms with Crippen molar-refractivity contribution in [1.29, 1.82) is 0 Å². The van der Waals surface area contributed by atoms with E-state index in [1.54, 1.807) is 0 Å². The first-order chi connectivity index (χ1) is 8.65. The van der Waals surface area contributed by atoms with Crippen LogP contribution in [0.2, 0.25) is 0 Å². The van der Waals surface area contributed by atoms with Gasteiger partial charge in [-0.1, -0.05) is 6.07 Å². The van der Waals surface area contributed by atoms with Gasteiger partial charge >= 0.3 is 0 Å². The van der Waals surface area contributed by atoms with Gasteiger partial charge in [-0.3, -0.25) is 4.79 Å². The molecule has 4 nitrogen and oxygen atoms in total. The van der Waals surface area contributed by atoms with E-state index < -0.39 is 0 Å². The molecule has 0 spiro atoms. The van der Waals surface area contributed by atoms with Crippen molar-refractivity contribution in [3.8, 4) is 0 Å². The third-order valence-corrected chi connectivity index (χ3v) is 3.21. The lowest BCUT2D eigenvalue weighted by Crippen LogP contribution is -2.40. The number of aryl methyl sites for hydroxylation is 2. The number of benzene rings is 1. The summed E-state index contributed by atoms with van der Waals surface area (Å²) in [7, 11) is 0. The second-order valence-corrected chi connectivity index (χ2v) is 4.75. The highest BCUT2D eigenvalue weighted by molar-refractivity contribution is 5.91. The Kier molecular flexibility index (Phi) is 6.28. The summed E-state index contributed by atoms with van der Waals surface area (Å²) in [6, 6.07) is 5.94. The monoisotopic (exact) mass is 284 g/mol. The number of ether oxygens (including phenoxy) is 1. The molecular weight excluding hydrogens is 264 g/mol. The van der Waals surface area contributed by atoms with Crippen molar-refractivity contribution in [2.24, 2.45) is 0 Å². The Morgan fingerprint density at radius 2 is 2.21 bits per heavy atom. The van der Waals surface area contributed by atoms with Gasteiger partial charge in [-0.05, 0) is 37.1 Å². The van der Waals surface area contributed by atoms with Gasteiger partial charge in [-0.15, -0.1) is 12.4 Å². The van der Waals surface area contributed by atoms with E-state index in [0.29, 0.717) is 13.0 Å². The van der Waals surface area contributed by atoms with Crippen molar-refractivity contribution < 1.29 is 9.53 Å². The molecule has 0 saturated carbocycles. The van der Waals surface area contributed by atoms with Crippen molar-refractivity contribution in [2.45, 2.75) is 26.4 Å². The number of amides is 1. The minimum absolute atomic E-state index is 0. The molecular formula is C14H21ClN2O2. The molecule has 1 aliphatic rings. The largest absolute Gasteiger partial charge is 0.375 e. The van der Waals surface area contributed by atoms with Crippen LogP contribution in [-0.4, -0.2) is 31.7 Å². The number of carbonyl (C=O) groups excluding carboxylic acids is 1. The van der Waals surface area contributed by atoms with Gasteiger partial charge in [-0.25, -0.2) is 0 Å². The molecule has 1 unspecified atom stereocenters. The molecule has 1 aromatic carbocycles. The Morgan fingerprint density at radius 3 is 2.84 bits per heavy atom. The van der Waals surface area contributed by atoms with Gasteiger partial charge in [0.05, 0.1) is 19.1 Å². The van der Waals surface area contributed by atoms with Crippen LogP contribution in [0.1, 0.15) is 17.5 Å². The fraction of sp³-hybridized carbons (Fsp3) is 0.500. The summed E-state index contributed by atoms with van der Waals surface area (Å²) in [5, 5.41) is 6.13. The zero-order valence-corrected chi connectivity index (χ0v) is 12.2. The molecule has 0 aromatic heterocycles. The number of carbonyl (C=O) groups is 1. The van der Waals surface area contributed by atoms with E-state index in [2.05, 4.69) is 17.6 Å². The molecule has 0 bridgehead atoms. The molecule has 19 heavy (non-hydrogen) atoms. The van der Waals surface area contributed by atoms with Crippen molar-refractivity contribution in [1.82, 2.24) is 5.32 Å². The predicted molar refractivity (Wildman–Crippen MR) is 79.0 cm³/mol. The number of rotatable bonds is 3. The Hall–Kier alpha value is -1.10. The second kappa shape index (κ2) is 7.48. The fourth-order valence-corrected chi connectivity index (χ4v) is 1.99. The van der Waals surface area contributed by atoms with Gasteiger partial charge in [0.25, 0.3) is 0 Å². The summed E-state index contributed by atoms with van der Waals surface area (Å²) in [6.07, 6.45) is 0.394. The molecule has 0 radical (unpaired) electrons. The SMILES string of the molecule is Cc1ccc(NC(=O)CC2CNCCO2)cc1C.Cl. The van der Waals surface area contributed by atoms with Crippen molar-refractivity contribution >= 4 is 24.0 Å². The van der Waals surface area contributed by atoms with E-state index >= 15 is 0 Å². The Morgan fingerprint density at radius 1 is 1.42 bits per heavy atom. The summed E-state index contributed by atoms with van der Waals surface area (Å²) in [5.41, 5.74) is 3.27. The molecule has 2 rings (SSSR count). The lowest BCUT2D eigenvalue weighted by atomic mass is 10.1. The predicted octanol–water partition coefficient (Wildman–Crippen LogP) is 2.04. The molecule has 1 amide bonds. The molecule has 1 aromatic rings. The van der Waals surface area contributed by atoms with Gasteiger partial charge in [0.1, 0.15) is 0 Å². The number of nitrogens with one attached hydrogen (secondary N) is 2. The highest BCUT2D eigenvalue weighted by Crippen LogP contribution is 2.14. The summed E-state index contributed by atoms with van der Waals surface area (Å²) in [4.78, 5) is 11.9. The maximum absolute atomic E-state index is 11.9. The number of anilines is 1. The van der Waals surface area contributed by atoms with Crippen LogP contribution in [0.3, 0.4) is 0 Å². The van der Waals surface area contributed by atoms with E-state index in [4.69, 9.17) is 4.74 Å². The van der Waals surface area contributed by atoms with Crippen LogP contribution in [0.5, 0.6) is 0 Å². The van der Waals surface area contributed by atoms with Gasteiger partial charge < -0.3 is 15.4 Å². The molecule has 1 saturated heterocycles. The van der Waals surface area contributed by atoms with E-state index in [1.807, 2.05) is 25.1 Å². The number of hydrogen-bond donors (Lipinski definition) is 2. The topological polar surface area (TPSA) is 50.4 Å². The molecule has 1 heterocycles. The van der Waals surface area contributed by atoms with Crippen molar-refractivity contribution in [3.05, 3.63) is 29.3 Å². The molecule has 2 N–H and O–H groups in total. The molecule has 1 fully saturated rings. The average Bonchev–Trinajstić information content (AvgIpc) is 2.35. The molecule has 1 aliphatic heterocycles. The highest BCUT2D eigenvalue weighted by Gasteiger charge is 2.17. The Labute approximate surface area is 120 Å². The van der Waals surface area contributed by atoms with Gasteiger partial charge in [0, 0.05) is 18.8 Å². The lowest BCUT2D eigenvalue weighted by Gasteiger charge is -2.23. The third-order valence-electron chi connectivity index (χ3n) is 3.21. The summed E-state index contributed by atoms with van der Waals surface area (Å²) < 4.78 is 5.51. The number of hydrogen-bond acceptors (Lipinski definition) is 3. The van der Waals surface area contributed by atoms with Crippen molar-refractivity contribution in [2.75, 3.05) is 25.0 Å². The quantitative estimate of drug-likeness (QED) is 0.893. The lowest BCUT2D eigenvalue weighted by molar-refractivity contribution is -0.119. The minimum atomic E-state index is -0.00899. The van der Waals surface area contributed by atoms with Crippen LogP contribution in [-0.2, 0) is 9.53 Å². The first-order valence-electron chi connectivity index (χ1n) is 6.34. The number of halogens is 1. The molecule has 0 aliphatic carbocycles. The average molecular weight is 285 g/mol. The molecule has 106 valence electrons. The standard InChI is InChI=1S/C14H20N2O2.ClH/c1-10-3-4-12(7-11(10)2)16-14(17)8-13-9-15-5-6-18-13;/h3-4,7,13,15H,5-6,8-9H2,1-2H3,(H,16,17);1H. The number of morpholine rings is 1. The van der Waals surface area contributed by atoms with Gasteiger partial charge in [-0.2, -0.15) is 0 Å². The summed E-state index contributed by atoms with van der Waals surface area (Å²) in [6.45, 7) is 6.40. The van der Waals surface area contributed by atoms with Crippen LogP contribution < -0.4 is 10.6 Å². The van der Waals surface area contributed by atoms with E-state index in [1.165, 1.54) is 11.1 Å². The van der Waals surface area contributed by atoms with Crippen molar-refractivity contribution in [3.63, 3.8) is 0 Å². The van der Waals surface area contributed by atoms with Crippen LogP contribution in [0, 0.1) is 13.8 Å². The van der Waals surface area contributed by atoms with Gasteiger partial charge in [0.15, 0.2) is 0 Å². The first-order valence-corrected chi connectivity index (χ1v) is 6.34. The maximum Gasteiger partial charge on any atom is 0.227 e. The Bertz CT molecular complexity index is 431. The normalized spacial score (nSPS) is 18.5. The molecule has 5 heteroatoms. The van der Waals surface area contributed by atoms with Crippen LogP contribution in [0.15, 0.2) is 18.2 Å². The second-order valence-electron chi connectivity index (χ2n) is 4.75. The first kappa shape index (κ1) is 16.0. The van der Waals surface area contributed by atoms with Crippen LogP contribution in [0.25, 0.3) is 0 Å². The van der Waals surface area contributed by atoms with Crippen LogP contribution in [0.4, 0.5) is 5.69 Å². The summed E-state index contributed by atoms with van der Waals surface area (Å²) in [5.74, 6) is 0.00644. The van der Waals surface area contributed by atoms with Crippen LogP contribution >= 0.6 is 12.4 Å². The fourth-order valence-electron chi connectivity index (χ4n) is 1.99. The minimum Gasteiger partial charge on any atom is -0.375 e. The summed E-state index contributed by atoms with van der Waals surface area (Å²) >= 11 is 0.